The molecule has 2 heterocycles. The Hall–Kier alpha value is -2.73. The topological polar surface area (TPSA) is 76.9 Å². The second-order valence-corrected chi connectivity index (χ2v) is 4.94. The second kappa shape index (κ2) is 5.95. The number of para-hydroxylation sites is 1. The summed E-state index contributed by atoms with van der Waals surface area (Å²) in [4.78, 5) is 32.4. The smallest absolute Gasteiger partial charge is 0.261 e. The minimum atomic E-state index is -0.380. The molecule has 1 N–H and O–H groups in total. The third-order valence-electron chi connectivity index (χ3n) is 3.08. The molecule has 0 radical (unpaired) electrons. The van der Waals surface area contributed by atoms with Gasteiger partial charge in [0.1, 0.15) is 6.54 Å². The Kier molecular flexibility index (Phi) is 3.84. The first kappa shape index (κ1) is 14.2. The Balaban J connectivity index is 1.84. The number of halogens is 1. The van der Waals surface area contributed by atoms with Gasteiger partial charge in [-0.2, -0.15) is 0 Å². The van der Waals surface area contributed by atoms with E-state index in [-0.39, 0.29) is 23.2 Å². The molecule has 1 amide bonds. The highest BCUT2D eigenvalue weighted by Crippen LogP contribution is 2.17. The fourth-order valence-corrected chi connectivity index (χ4v) is 2.21. The van der Waals surface area contributed by atoms with Gasteiger partial charge >= 0.3 is 0 Å². The van der Waals surface area contributed by atoms with Gasteiger partial charge in [0, 0.05) is 6.20 Å². The number of fused-ring (bicyclic) bond motifs is 1. The van der Waals surface area contributed by atoms with Crippen LogP contribution in [0.1, 0.15) is 0 Å². The van der Waals surface area contributed by atoms with E-state index in [1.54, 1.807) is 36.4 Å². The highest BCUT2D eigenvalue weighted by Gasteiger charge is 2.09. The summed E-state index contributed by atoms with van der Waals surface area (Å²) in [6.07, 6.45) is 2.88. The van der Waals surface area contributed by atoms with E-state index >= 15 is 0 Å². The first-order valence-electron chi connectivity index (χ1n) is 6.50. The molecule has 0 aliphatic carbocycles. The number of hydrogen-bond donors (Lipinski definition) is 1. The van der Waals surface area contributed by atoms with Crippen LogP contribution in [0.5, 0.6) is 0 Å². The van der Waals surface area contributed by atoms with Crippen LogP contribution in [0, 0.1) is 0 Å². The van der Waals surface area contributed by atoms with E-state index in [0.717, 1.165) is 0 Å². The van der Waals surface area contributed by atoms with Gasteiger partial charge in [0.05, 0.1) is 22.9 Å². The molecule has 110 valence electrons. The molecule has 1 aromatic carbocycles. The molecule has 0 atom stereocenters. The van der Waals surface area contributed by atoms with Crippen LogP contribution in [0.4, 0.5) is 5.69 Å². The third kappa shape index (κ3) is 2.82. The van der Waals surface area contributed by atoms with E-state index < -0.39 is 0 Å². The van der Waals surface area contributed by atoms with Crippen LogP contribution < -0.4 is 10.9 Å². The standard InChI is InChI=1S/C15H11ClN4O2/c16-14-12(6-3-7-17-14)19-13(21)8-20-9-18-11-5-2-1-4-10(11)15(20)22/h1-7,9H,8H2,(H,19,21). The lowest BCUT2D eigenvalue weighted by Crippen LogP contribution is -2.28. The summed E-state index contributed by atoms with van der Waals surface area (Å²) in [6.45, 7) is -0.151. The molecular weight excluding hydrogens is 304 g/mol. The number of pyridine rings is 1. The van der Waals surface area contributed by atoms with Crippen molar-refractivity contribution >= 4 is 34.1 Å². The molecule has 2 aromatic heterocycles. The van der Waals surface area contributed by atoms with Gasteiger partial charge in [-0.3, -0.25) is 14.2 Å². The van der Waals surface area contributed by atoms with Crippen LogP contribution in [0.25, 0.3) is 10.9 Å². The number of hydrogen-bond acceptors (Lipinski definition) is 4. The molecule has 6 nitrogen and oxygen atoms in total. The molecule has 0 bridgehead atoms. The monoisotopic (exact) mass is 314 g/mol. The normalized spacial score (nSPS) is 10.6. The van der Waals surface area contributed by atoms with Crippen LogP contribution in [0.15, 0.2) is 53.7 Å². The van der Waals surface area contributed by atoms with Crippen molar-refractivity contribution in [3.8, 4) is 0 Å². The molecule has 22 heavy (non-hydrogen) atoms. The summed E-state index contributed by atoms with van der Waals surface area (Å²) in [6, 6.07) is 10.3. The zero-order valence-corrected chi connectivity index (χ0v) is 12.1. The van der Waals surface area contributed by atoms with Gasteiger partial charge < -0.3 is 5.32 Å². The first-order chi connectivity index (χ1) is 10.6. The minimum absolute atomic E-state index is 0.151. The number of rotatable bonds is 3. The highest BCUT2D eigenvalue weighted by molar-refractivity contribution is 6.32. The Morgan fingerprint density at radius 2 is 2.00 bits per heavy atom. The summed E-state index contributed by atoms with van der Waals surface area (Å²) >= 11 is 5.87. The molecule has 7 heteroatoms. The van der Waals surface area contributed by atoms with Crippen molar-refractivity contribution in [2.45, 2.75) is 6.54 Å². The number of carbonyl (C=O) groups is 1. The van der Waals surface area contributed by atoms with Gasteiger partial charge in [-0.25, -0.2) is 9.97 Å². The highest BCUT2D eigenvalue weighted by atomic mass is 35.5. The van der Waals surface area contributed by atoms with E-state index in [9.17, 15) is 9.59 Å². The average Bonchev–Trinajstić information content (AvgIpc) is 2.53. The molecule has 0 fully saturated rings. The predicted octanol–water partition coefficient (Wildman–Crippen LogP) is 2.08. The lowest BCUT2D eigenvalue weighted by atomic mass is 10.2. The quantitative estimate of drug-likeness (QED) is 0.751. The zero-order chi connectivity index (χ0) is 15.5. The predicted molar refractivity (Wildman–Crippen MR) is 83.9 cm³/mol. The van der Waals surface area contributed by atoms with Crippen LogP contribution in [0.3, 0.4) is 0 Å². The first-order valence-corrected chi connectivity index (χ1v) is 6.87. The molecule has 3 aromatic rings. The van der Waals surface area contributed by atoms with Gasteiger partial charge in [0.2, 0.25) is 5.91 Å². The number of aromatic nitrogens is 3. The van der Waals surface area contributed by atoms with Crippen LogP contribution in [-0.4, -0.2) is 20.4 Å². The number of anilines is 1. The maximum absolute atomic E-state index is 12.3. The third-order valence-corrected chi connectivity index (χ3v) is 3.38. The van der Waals surface area contributed by atoms with E-state index in [0.29, 0.717) is 16.6 Å². The SMILES string of the molecule is O=C(Cn1cnc2ccccc2c1=O)Nc1cccnc1Cl. The van der Waals surface area contributed by atoms with Gasteiger partial charge in [0.25, 0.3) is 5.56 Å². The fraction of sp³-hybridized carbons (Fsp3) is 0.0667. The number of nitrogens with zero attached hydrogens (tertiary/aromatic N) is 3. The van der Waals surface area contributed by atoms with Gasteiger partial charge in [0.15, 0.2) is 5.15 Å². The summed E-state index contributed by atoms with van der Waals surface area (Å²) in [5, 5.41) is 3.28. The Bertz CT molecular complexity index is 907. The molecule has 0 spiro atoms. The number of nitrogens with one attached hydrogen (secondary N) is 1. The van der Waals surface area contributed by atoms with Crippen molar-refractivity contribution in [1.29, 1.82) is 0 Å². The summed E-state index contributed by atoms with van der Waals surface area (Å²) in [5.41, 5.74) is 0.730. The lowest BCUT2D eigenvalue weighted by molar-refractivity contribution is -0.116. The van der Waals surface area contributed by atoms with E-state index in [1.165, 1.54) is 17.1 Å². The van der Waals surface area contributed by atoms with Crippen molar-refractivity contribution in [3.05, 3.63) is 64.4 Å². The Morgan fingerprint density at radius 1 is 1.18 bits per heavy atom. The molecule has 0 aliphatic heterocycles. The van der Waals surface area contributed by atoms with Crippen molar-refractivity contribution in [2.24, 2.45) is 0 Å². The fourth-order valence-electron chi connectivity index (χ4n) is 2.04. The molecule has 0 unspecified atom stereocenters. The maximum Gasteiger partial charge on any atom is 0.261 e. The Labute approximate surface area is 130 Å². The average molecular weight is 315 g/mol. The molecular formula is C15H11ClN4O2. The molecule has 0 saturated heterocycles. The number of amides is 1. The van der Waals surface area contributed by atoms with Crippen LogP contribution >= 0.6 is 11.6 Å². The molecule has 0 aliphatic rings. The van der Waals surface area contributed by atoms with Crippen molar-refractivity contribution in [1.82, 2.24) is 14.5 Å². The Morgan fingerprint density at radius 3 is 2.82 bits per heavy atom. The van der Waals surface area contributed by atoms with Gasteiger partial charge in [-0.15, -0.1) is 0 Å². The number of benzene rings is 1. The lowest BCUT2D eigenvalue weighted by Gasteiger charge is -2.08. The van der Waals surface area contributed by atoms with Gasteiger partial charge in [-0.1, -0.05) is 23.7 Å². The van der Waals surface area contributed by atoms with Crippen molar-refractivity contribution < 1.29 is 4.79 Å². The summed E-state index contributed by atoms with van der Waals surface area (Å²) in [5.74, 6) is -0.380. The van der Waals surface area contributed by atoms with E-state index in [4.69, 9.17) is 11.6 Å². The van der Waals surface area contributed by atoms with Crippen LogP contribution in [0.2, 0.25) is 5.15 Å². The van der Waals surface area contributed by atoms with Gasteiger partial charge in [-0.05, 0) is 24.3 Å². The maximum atomic E-state index is 12.3. The second-order valence-electron chi connectivity index (χ2n) is 4.58. The van der Waals surface area contributed by atoms with Crippen molar-refractivity contribution in [2.75, 3.05) is 5.32 Å². The zero-order valence-electron chi connectivity index (χ0n) is 11.4. The number of carbonyl (C=O) groups excluding carboxylic acids is 1. The summed E-state index contributed by atoms with van der Waals surface area (Å²) in [7, 11) is 0. The van der Waals surface area contributed by atoms with E-state index in [1.807, 2.05) is 0 Å². The molecule has 0 saturated carbocycles. The van der Waals surface area contributed by atoms with Crippen molar-refractivity contribution in [3.63, 3.8) is 0 Å². The minimum Gasteiger partial charge on any atom is -0.322 e. The van der Waals surface area contributed by atoms with Crippen LogP contribution in [-0.2, 0) is 11.3 Å². The summed E-state index contributed by atoms with van der Waals surface area (Å²) < 4.78 is 1.25. The largest absolute Gasteiger partial charge is 0.322 e. The molecule has 3 rings (SSSR count). The van der Waals surface area contributed by atoms with E-state index in [2.05, 4.69) is 15.3 Å².